The van der Waals surface area contributed by atoms with Crippen LogP contribution in [0.5, 0.6) is 0 Å². The van der Waals surface area contributed by atoms with Crippen molar-refractivity contribution in [2.24, 2.45) is 5.92 Å². The van der Waals surface area contributed by atoms with Crippen molar-refractivity contribution in [3.05, 3.63) is 30.5 Å². The van der Waals surface area contributed by atoms with Crippen molar-refractivity contribution in [3.8, 4) is 0 Å². The Balaban J connectivity index is 2.13. The quantitative estimate of drug-likeness (QED) is 0.718. The molecule has 0 unspecified atom stereocenters. The van der Waals surface area contributed by atoms with Crippen molar-refractivity contribution in [1.82, 2.24) is 4.57 Å². The van der Waals surface area contributed by atoms with Crippen molar-refractivity contribution in [1.29, 1.82) is 0 Å². The van der Waals surface area contributed by atoms with Gasteiger partial charge >= 0.3 is 0 Å². The molecular weight excluding hydrogens is 172 g/mol. The number of benzene rings is 1. The fraction of sp³-hybridized carbons (Fsp3) is 0.333. The minimum Gasteiger partial charge on any atom is -0.397 e. The number of rotatable bonds is 2. The maximum absolute atomic E-state index is 5.98. The Morgan fingerprint density at radius 3 is 2.93 bits per heavy atom. The summed E-state index contributed by atoms with van der Waals surface area (Å²) in [5, 5.41) is 1.26. The lowest BCUT2D eigenvalue weighted by Crippen LogP contribution is -1.99. The van der Waals surface area contributed by atoms with Gasteiger partial charge in [-0.2, -0.15) is 0 Å². The van der Waals surface area contributed by atoms with Gasteiger partial charge in [0, 0.05) is 18.1 Å². The first kappa shape index (κ1) is 7.92. The van der Waals surface area contributed by atoms with Crippen LogP contribution in [0.25, 0.3) is 10.9 Å². The van der Waals surface area contributed by atoms with E-state index in [0.717, 1.165) is 18.2 Å². The van der Waals surface area contributed by atoms with Crippen LogP contribution in [0.1, 0.15) is 12.8 Å². The topological polar surface area (TPSA) is 30.9 Å². The molecular formula is C12H14N2. The third-order valence-corrected chi connectivity index (χ3v) is 2.97. The van der Waals surface area contributed by atoms with Gasteiger partial charge in [0.15, 0.2) is 0 Å². The van der Waals surface area contributed by atoms with Gasteiger partial charge in [0.05, 0.1) is 11.2 Å². The van der Waals surface area contributed by atoms with E-state index >= 15 is 0 Å². The Labute approximate surface area is 83.3 Å². The van der Waals surface area contributed by atoms with E-state index in [4.69, 9.17) is 5.73 Å². The summed E-state index contributed by atoms with van der Waals surface area (Å²) < 4.78 is 2.29. The standard InChI is InChI=1S/C12H14N2/c13-11-3-1-2-10-6-7-14(12(10)11)8-9-4-5-9/h1-3,6-7,9H,4-5,8,13H2. The molecule has 0 atom stereocenters. The molecule has 72 valence electrons. The second-order valence-corrected chi connectivity index (χ2v) is 4.20. The number of anilines is 1. The second kappa shape index (κ2) is 2.77. The molecule has 3 rings (SSSR count). The number of nitrogens with zero attached hydrogens (tertiary/aromatic N) is 1. The van der Waals surface area contributed by atoms with Gasteiger partial charge in [0.2, 0.25) is 0 Å². The lowest BCUT2D eigenvalue weighted by atomic mass is 10.2. The van der Waals surface area contributed by atoms with Gasteiger partial charge in [0.25, 0.3) is 0 Å². The van der Waals surface area contributed by atoms with Gasteiger partial charge in [0.1, 0.15) is 0 Å². The van der Waals surface area contributed by atoms with E-state index in [1.807, 2.05) is 12.1 Å². The van der Waals surface area contributed by atoms with E-state index in [0.29, 0.717) is 0 Å². The van der Waals surface area contributed by atoms with E-state index in [-0.39, 0.29) is 0 Å². The van der Waals surface area contributed by atoms with E-state index in [2.05, 4.69) is 22.9 Å². The molecule has 2 N–H and O–H groups in total. The summed E-state index contributed by atoms with van der Waals surface area (Å²) in [6.07, 6.45) is 4.91. The molecule has 2 heteroatoms. The maximum atomic E-state index is 5.98. The monoisotopic (exact) mass is 186 g/mol. The number of nitrogens with two attached hydrogens (primary N) is 1. The molecule has 1 aromatic carbocycles. The molecule has 0 bridgehead atoms. The Kier molecular flexibility index (Phi) is 1.57. The molecule has 2 nitrogen and oxygen atoms in total. The highest BCUT2D eigenvalue weighted by atomic mass is 15.0. The first-order chi connectivity index (χ1) is 6.84. The van der Waals surface area contributed by atoms with Gasteiger partial charge in [-0.1, -0.05) is 12.1 Å². The molecule has 0 spiro atoms. The van der Waals surface area contributed by atoms with Gasteiger partial charge in [-0.15, -0.1) is 0 Å². The second-order valence-electron chi connectivity index (χ2n) is 4.20. The third kappa shape index (κ3) is 1.18. The van der Waals surface area contributed by atoms with Crippen molar-refractivity contribution < 1.29 is 0 Å². The first-order valence-corrected chi connectivity index (χ1v) is 5.18. The van der Waals surface area contributed by atoms with Crippen LogP contribution in [0, 0.1) is 5.92 Å². The van der Waals surface area contributed by atoms with Crippen molar-refractivity contribution in [2.45, 2.75) is 19.4 Å². The molecule has 1 aliphatic rings. The maximum Gasteiger partial charge on any atom is 0.0713 e. The van der Waals surface area contributed by atoms with Crippen molar-refractivity contribution >= 4 is 16.6 Å². The molecule has 0 radical (unpaired) electrons. The van der Waals surface area contributed by atoms with Gasteiger partial charge in [-0.3, -0.25) is 0 Å². The predicted octanol–water partition coefficient (Wildman–Crippen LogP) is 2.63. The summed E-state index contributed by atoms with van der Waals surface area (Å²) in [5.41, 5.74) is 8.08. The van der Waals surface area contributed by atoms with Crippen molar-refractivity contribution in [3.63, 3.8) is 0 Å². The zero-order chi connectivity index (χ0) is 9.54. The average Bonchev–Trinajstić information content (AvgIpc) is 2.88. The summed E-state index contributed by atoms with van der Waals surface area (Å²) in [6.45, 7) is 1.14. The van der Waals surface area contributed by atoms with Crippen LogP contribution < -0.4 is 5.73 Å². The molecule has 1 aliphatic carbocycles. The van der Waals surface area contributed by atoms with E-state index < -0.39 is 0 Å². The van der Waals surface area contributed by atoms with Crippen LogP contribution >= 0.6 is 0 Å². The number of fused-ring (bicyclic) bond motifs is 1. The van der Waals surface area contributed by atoms with Gasteiger partial charge in [-0.25, -0.2) is 0 Å². The fourth-order valence-corrected chi connectivity index (χ4v) is 2.02. The summed E-state index contributed by atoms with van der Waals surface area (Å²) >= 11 is 0. The van der Waals surface area contributed by atoms with Crippen LogP contribution in [0.3, 0.4) is 0 Å². The van der Waals surface area contributed by atoms with Crippen LogP contribution in [-0.2, 0) is 6.54 Å². The highest BCUT2D eigenvalue weighted by Gasteiger charge is 2.22. The molecule has 2 aromatic rings. The largest absolute Gasteiger partial charge is 0.397 e. The Hall–Kier alpha value is -1.44. The van der Waals surface area contributed by atoms with Crippen molar-refractivity contribution in [2.75, 3.05) is 5.73 Å². The number of hydrogen-bond acceptors (Lipinski definition) is 1. The van der Waals surface area contributed by atoms with E-state index in [9.17, 15) is 0 Å². The van der Waals surface area contributed by atoms with Crippen LogP contribution in [0.4, 0.5) is 5.69 Å². The Morgan fingerprint density at radius 1 is 1.29 bits per heavy atom. The lowest BCUT2D eigenvalue weighted by Gasteiger charge is -2.05. The SMILES string of the molecule is Nc1cccc2ccn(CC3CC3)c12. The molecule has 1 saturated carbocycles. The molecule has 14 heavy (non-hydrogen) atoms. The molecule has 0 amide bonds. The minimum absolute atomic E-state index is 0.894. The van der Waals surface area contributed by atoms with Crippen LogP contribution in [0.2, 0.25) is 0 Å². The summed E-state index contributed by atoms with van der Waals surface area (Å²) in [6, 6.07) is 8.26. The summed E-state index contributed by atoms with van der Waals surface area (Å²) in [7, 11) is 0. The first-order valence-electron chi connectivity index (χ1n) is 5.18. The normalized spacial score (nSPS) is 16.3. The zero-order valence-corrected chi connectivity index (χ0v) is 8.11. The fourth-order valence-electron chi connectivity index (χ4n) is 2.02. The highest BCUT2D eigenvalue weighted by molar-refractivity contribution is 5.90. The average molecular weight is 186 g/mol. The molecule has 1 heterocycles. The summed E-state index contributed by atoms with van der Waals surface area (Å²) in [5.74, 6) is 0.894. The molecule has 0 saturated heterocycles. The van der Waals surface area contributed by atoms with Gasteiger partial charge < -0.3 is 10.3 Å². The Bertz CT molecular complexity index is 466. The number of aromatic nitrogens is 1. The molecule has 1 fully saturated rings. The number of nitrogen functional groups attached to an aromatic ring is 1. The third-order valence-electron chi connectivity index (χ3n) is 2.97. The Morgan fingerprint density at radius 2 is 2.14 bits per heavy atom. The number of para-hydroxylation sites is 1. The number of hydrogen-bond donors (Lipinski definition) is 1. The zero-order valence-electron chi connectivity index (χ0n) is 8.11. The predicted molar refractivity (Wildman–Crippen MR) is 59.1 cm³/mol. The smallest absolute Gasteiger partial charge is 0.0713 e. The van der Waals surface area contributed by atoms with E-state index in [1.54, 1.807) is 0 Å². The van der Waals surface area contributed by atoms with Crippen LogP contribution in [0.15, 0.2) is 30.5 Å². The van der Waals surface area contributed by atoms with Gasteiger partial charge in [-0.05, 0) is 30.9 Å². The van der Waals surface area contributed by atoms with Crippen LogP contribution in [-0.4, -0.2) is 4.57 Å². The highest BCUT2D eigenvalue weighted by Crippen LogP contribution is 2.33. The molecule has 0 aliphatic heterocycles. The minimum atomic E-state index is 0.894. The molecule has 1 aromatic heterocycles. The summed E-state index contributed by atoms with van der Waals surface area (Å²) in [4.78, 5) is 0. The lowest BCUT2D eigenvalue weighted by molar-refractivity contribution is 0.648. The van der Waals surface area contributed by atoms with E-state index in [1.165, 1.54) is 23.7 Å².